The van der Waals surface area contributed by atoms with Gasteiger partial charge in [0, 0.05) is 31.0 Å². The number of rotatable bonds is 4. The summed E-state index contributed by atoms with van der Waals surface area (Å²) in [5.74, 6) is 1.73. The fourth-order valence-electron chi connectivity index (χ4n) is 3.12. The minimum atomic E-state index is -0.277. The van der Waals surface area contributed by atoms with Crippen LogP contribution in [-0.4, -0.2) is 45.5 Å². The highest BCUT2D eigenvalue weighted by Crippen LogP contribution is 2.28. The van der Waals surface area contributed by atoms with E-state index in [2.05, 4.69) is 15.0 Å². The van der Waals surface area contributed by atoms with Gasteiger partial charge in [-0.3, -0.25) is 0 Å². The zero-order chi connectivity index (χ0) is 16.5. The van der Waals surface area contributed by atoms with Gasteiger partial charge in [-0.2, -0.15) is 5.10 Å². The predicted octanol–water partition coefficient (Wildman–Crippen LogP) is 2.37. The number of aliphatic hydroxyl groups is 1. The molecule has 24 heavy (non-hydrogen) atoms. The number of nitrogens with zero attached hydrogens (tertiary/aromatic N) is 4. The van der Waals surface area contributed by atoms with Crippen molar-refractivity contribution in [1.29, 1.82) is 0 Å². The Labute approximate surface area is 140 Å². The normalized spacial score (nSPS) is 17.6. The Hall–Kier alpha value is -2.60. The molecule has 0 radical (unpaired) electrons. The molecular formula is C18H20N4O2. The molecule has 3 heterocycles. The highest BCUT2D eigenvalue weighted by atomic mass is 16.5. The van der Waals surface area contributed by atoms with Crippen LogP contribution in [0.1, 0.15) is 13.3 Å². The highest BCUT2D eigenvalue weighted by Gasteiger charge is 2.23. The third-order valence-corrected chi connectivity index (χ3v) is 4.29. The number of fused-ring (bicyclic) bond motifs is 1. The maximum absolute atomic E-state index is 9.78. The van der Waals surface area contributed by atoms with Crippen molar-refractivity contribution < 1.29 is 9.84 Å². The first-order valence-corrected chi connectivity index (χ1v) is 8.25. The lowest BCUT2D eigenvalue weighted by Gasteiger charge is -2.16. The largest absolute Gasteiger partial charge is 0.494 e. The summed E-state index contributed by atoms with van der Waals surface area (Å²) < 4.78 is 7.33. The maximum Gasteiger partial charge on any atom is 0.154 e. The number of β-amino-alcohol motifs (C(OH)–C–C–N with tert-alkyl or cyclic N) is 1. The molecule has 1 aliphatic rings. The molecule has 0 saturated carbocycles. The summed E-state index contributed by atoms with van der Waals surface area (Å²) in [6, 6.07) is 9.99. The van der Waals surface area contributed by atoms with E-state index in [0.717, 1.165) is 41.3 Å². The monoisotopic (exact) mass is 324 g/mol. The van der Waals surface area contributed by atoms with Crippen molar-refractivity contribution in [1.82, 2.24) is 14.6 Å². The minimum absolute atomic E-state index is 0.277. The second kappa shape index (κ2) is 6.13. The Bertz CT molecular complexity index is 844. The van der Waals surface area contributed by atoms with Gasteiger partial charge in [0.15, 0.2) is 5.82 Å². The van der Waals surface area contributed by atoms with E-state index in [1.165, 1.54) is 0 Å². The zero-order valence-electron chi connectivity index (χ0n) is 13.6. The average Bonchev–Trinajstić information content (AvgIpc) is 3.21. The van der Waals surface area contributed by atoms with E-state index in [9.17, 15) is 5.11 Å². The van der Waals surface area contributed by atoms with E-state index < -0.39 is 0 Å². The number of hydrogen-bond donors (Lipinski definition) is 1. The van der Waals surface area contributed by atoms with Crippen molar-refractivity contribution in [2.45, 2.75) is 19.4 Å². The van der Waals surface area contributed by atoms with Crippen LogP contribution < -0.4 is 9.64 Å². The third kappa shape index (κ3) is 2.69. The third-order valence-electron chi connectivity index (χ3n) is 4.29. The van der Waals surface area contributed by atoms with Crippen LogP contribution in [0, 0.1) is 0 Å². The van der Waals surface area contributed by atoms with Crippen LogP contribution in [0.2, 0.25) is 0 Å². The van der Waals surface area contributed by atoms with Crippen LogP contribution in [0.3, 0.4) is 0 Å². The average molecular weight is 324 g/mol. The number of aromatic nitrogens is 3. The molecule has 124 valence electrons. The molecular weight excluding hydrogens is 304 g/mol. The van der Waals surface area contributed by atoms with E-state index in [4.69, 9.17) is 4.74 Å². The number of hydrogen-bond acceptors (Lipinski definition) is 5. The fourth-order valence-corrected chi connectivity index (χ4v) is 3.12. The van der Waals surface area contributed by atoms with Crippen molar-refractivity contribution in [3.8, 4) is 17.0 Å². The van der Waals surface area contributed by atoms with Crippen molar-refractivity contribution in [2.24, 2.45) is 0 Å². The quantitative estimate of drug-likeness (QED) is 0.798. The molecule has 2 aromatic heterocycles. The van der Waals surface area contributed by atoms with Gasteiger partial charge in [-0.05, 0) is 43.7 Å². The lowest BCUT2D eigenvalue weighted by atomic mass is 10.1. The van der Waals surface area contributed by atoms with Crippen LogP contribution in [0.5, 0.6) is 5.75 Å². The molecule has 1 atom stereocenters. The topological polar surface area (TPSA) is 62.9 Å². The maximum atomic E-state index is 9.78. The number of ether oxygens (including phenoxy) is 1. The van der Waals surface area contributed by atoms with Gasteiger partial charge in [0.1, 0.15) is 11.3 Å². The zero-order valence-corrected chi connectivity index (χ0v) is 13.6. The second-order valence-corrected chi connectivity index (χ2v) is 5.96. The first kappa shape index (κ1) is 15.0. The van der Waals surface area contributed by atoms with Gasteiger partial charge in [0.2, 0.25) is 0 Å². The first-order chi connectivity index (χ1) is 11.7. The molecule has 1 fully saturated rings. The van der Waals surface area contributed by atoms with Gasteiger partial charge < -0.3 is 14.7 Å². The Balaban J connectivity index is 1.70. The second-order valence-electron chi connectivity index (χ2n) is 5.96. The first-order valence-electron chi connectivity index (χ1n) is 8.25. The molecule has 1 unspecified atom stereocenters. The number of aliphatic hydroxyl groups excluding tert-OH is 1. The van der Waals surface area contributed by atoms with Crippen LogP contribution in [0.4, 0.5) is 5.82 Å². The van der Waals surface area contributed by atoms with Gasteiger partial charge in [-0.25, -0.2) is 9.50 Å². The summed E-state index contributed by atoms with van der Waals surface area (Å²) >= 11 is 0. The standard InChI is InChI=1S/C18H20N4O2/c1-2-24-15-5-3-13(4-6-15)16-11-17-18(19-8-10-22(17)20-16)21-9-7-14(23)12-21/h3-6,8,10-11,14,23H,2,7,9,12H2,1H3. The molecule has 1 saturated heterocycles. The highest BCUT2D eigenvalue weighted by molar-refractivity contribution is 5.75. The summed E-state index contributed by atoms with van der Waals surface area (Å²) in [6.45, 7) is 4.07. The van der Waals surface area contributed by atoms with Gasteiger partial charge >= 0.3 is 0 Å². The van der Waals surface area contributed by atoms with Gasteiger partial charge in [0.25, 0.3) is 0 Å². The Morgan fingerprint density at radius 2 is 2.12 bits per heavy atom. The van der Waals surface area contributed by atoms with Crippen molar-refractivity contribution in [2.75, 3.05) is 24.6 Å². The lowest BCUT2D eigenvalue weighted by molar-refractivity contribution is 0.198. The Morgan fingerprint density at radius 1 is 1.29 bits per heavy atom. The molecule has 1 N–H and O–H groups in total. The van der Waals surface area contributed by atoms with Crippen molar-refractivity contribution in [3.05, 3.63) is 42.7 Å². The predicted molar refractivity (Wildman–Crippen MR) is 92.4 cm³/mol. The van der Waals surface area contributed by atoms with E-state index >= 15 is 0 Å². The minimum Gasteiger partial charge on any atom is -0.494 e. The molecule has 6 nitrogen and oxygen atoms in total. The van der Waals surface area contributed by atoms with Gasteiger partial charge in [0.05, 0.1) is 18.4 Å². The summed E-state index contributed by atoms with van der Waals surface area (Å²) in [7, 11) is 0. The summed E-state index contributed by atoms with van der Waals surface area (Å²) in [6.07, 6.45) is 4.11. The Morgan fingerprint density at radius 3 is 2.83 bits per heavy atom. The molecule has 0 spiro atoms. The summed E-state index contributed by atoms with van der Waals surface area (Å²) in [5, 5.41) is 14.4. The van der Waals surface area contributed by atoms with Crippen molar-refractivity contribution >= 4 is 11.3 Å². The molecule has 4 rings (SSSR count). The molecule has 0 aliphatic carbocycles. The van der Waals surface area contributed by atoms with Crippen LogP contribution in [-0.2, 0) is 0 Å². The molecule has 1 aromatic carbocycles. The number of anilines is 1. The van der Waals surface area contributed by atoms with E-state index in [1.807, 2.05) is 48.0 Å². The fraction of sp³-hybridized carbons (Fsp3) is 0.333. The van der Waals surface area contributed by atoms with Crippen LogP contribution >= 0.6 is 0 Å². The van der Waals surface area contributed by atoms with E-state index in [0.29, 0.717) is 13.2 Å². The molecule has 6 heteroatoms. The van der Waals surface area contributed by atoms with E-state index in [-0.39, 0.29) is 6.10 Å². The van der Waals surface area contributed by atoms with Gasteiger partial charge in [-0.15, -0.1) is 0 Å². The lowest BCUT2D eigenvalue weighted by Crippen LogP contribution is -2.22. The summed E-state index contributed by atoms with van der Waals surface area (Å²) in [4.78, 5) is 6.62. The van der Waals surface area contributed by atoms with E-state index in [1.54, 1.807) is 6.20 Å². The van der Waals surface area contributed by atoms with Gasteiger partial charge in [-0.1, -0.05) is 0 Å². The number of benzene rings is 1. The molecule has 0 bridgehead atoms. The Kier molecular flexibility index (Phi) is 3.82. The molecule has 3 aromatic rings. The molecule has 0 amide bonds. The smallest absolute Gasteiger partial charge is 0.154 e. The van der Waals surface area contributed by atoms with Crippen molar-refractivity contribution in [3.63, 3.8) is 0 Å². The summed E-state index contributed by atoms with van der Waals surface area (Å²) in [5.41, 5.74) is 2.89. The SMILES string of the molecule is CCOc1ccc(-c2cc3c(N4CCC(O)C4)nccn3n2)cc1. The van der Waals surface area contributed by atoms with Crippen LogP contribution in [0.25, 0.3) is 16.8 Å². The molecule has 1 aliphatic heterocycles. The van der Waals surface area contributed by atoms with Crippen LogP contribution in [0.15, 0.2) is 42.7 Å².